The third-order valence-corrected chi connectivity index (χ3v) is 7.46. The number of carbonyl (C=O) groups excluding carboxylic acids is 3. The number of rotatable bonds is 9. The van der Waals surface area contributed by atoms with E-state index in [4.69, 9.17) is 28.0 Å². The molecule has 2 rings (SSSR count). The highest BCUT2D eigenvalue weighted by Crippen LogP contribution is 2.48. The van der Waals surface area contributed by atoms with E-state index in [1.807, 2.05) is 0 Å². The molecule has 2 aliphatic heterocycles. The molecule has 30 heavy (non-hydrogen) atoms. The molecule has 0 aliphatic carbocycles. The zero-order valence-corrected chi connectivity index (χ0v) is 19.1. The Kier molecular flexibility index (Phi) is 8.86. The molecule has 11 nitrogen and oxygen atoms in total. The zero-order valence-electron chi connectivity index (χ0n) is 17.4. The fourth-order valence-corrected chi connectivity index (χ4v) is 5.44. The minimum atomic E-state index is -3.22. The Morgan fingerprint density at radius 2 is 1.63 bits per heavy atom. The molecular weight excluding hydrogens is 441 g/mol. The molecule has 5 atom stereocenters. The number of hydrogen-bond donors (Lipinski definition) is 0. The van der Waals surface area contributed by atoms with E-state index in [0.29, 0.717) is 11.5 Å². The Labute approximate surface area is 178 Å². The molecule has 0 amide bonds. The number of nitrogens with zero attached hydrogens (tertiary/aromatic N) is 1. The molecule has 2 aliphatic rings. The maximum Gasteiger partial charge on any atom is 0.330 e. The van der Waals surface area contributed by atoms with Crippen LogP contribution in [0.4, 0.5) is 0 Å². The average molecular weight is 467 g/mol. The van der Waals surface area contributed by atoms with Crippen molar-refractivity contribution in [2.75, 3.05) is 27.0 Å². The number of aliphatic imine (C=N–C) groups is 1. The summed E-state index contributed by atoms with van der Waals surface area (Å²) in [5.41, 5.74) is -0.568. The fourth-order valence-electron chi connectivity index (χ4n) is 3.06. The number of hydrogen-bond acceptors (Lipinski definition) is 12. The predicted octanol–water partition coefficient (Wildman–Crippen LogP) is 1.53. The Morgan fingerprint density at radius 1 is 1.03 bits per heavy atom. The molecule has 0 N–H and O–H groups in total. The predicted molar refractivity (Wildman–Crippen MR) is 106 cm³/mol. The highest BCUT2D eigenvalue weighted by Gasteiger charge is 2.53. The van der Waals surface area contributed by atoms with Crippen molar-refractivity contribution in [2.45, 2.75) is 57.0 Å². The molecular formula is C17H26NO10PS. The van der Waals surface area contributed by atoms with Crippen molar-refractivity contribution in [3.05, 3.63) is 0 Å². The molecule has 0 unspecified atom stereocenters. The van der Waals surface area contributed by atoms with Crippen molar-refractivity contribution in [1.82, 2.24) is 0 Å². The lowest BCUT2D eigenvalue weighted by atomic mass is 9.98. The normalized spacial score (nSPS) is 28.3. The summed E-state index contributed by atoms with van der Waals surface area (Å²) in [6, 6.07) is -0.656. The first-order valence-electron chi connectivity index (χ1n) is 9.15. The van der Waals surface area contributed by atoms with Gasteiger partial charge in [0, 0.05) is 41.4 Å². The van der Waals surface area contributed by atoms with Crippen LogP contribution in [0, 0.1) is 0 Å². The van der Waals surface area contributed by atoms with Crippen LogP contribution < -0.4 is 0 Å². The molecule has 0 spiro atoms. The third kappa shape index (κ3) is 6.52. The Balaban J connectivity index is 2.24. The van der Waals surface area contributed by atoms with E-state index in [-0.39, 0.29) is 12.8 Å². The Bertz CT molecular complexity index is 736. The van der Waals surface area contributed by atoms with Crippen LogP contribution in [0.15, 0.2) is 4.99 Å². The lowest BCUT2D eigenvalue weighted by Gasteiger charge is -2.41. The number of esters is 3. The van der Waals surface area contributed by atoms with Crippen LogP contribution in [0.25, 0.3) is 0 Å². The van der Waals surface area contributed by atoms with Gasteiger partial charge in [0.25, 0.3) is 0 Å². The van der Waals surface area contributed by atoms with Crippen molar-refractivity contribution < 1.29 is 46.9 Å². The Morgan fingerprint density at radius 3 is 2.17 bits per heavy atom. The van der Waals surface area contributed by atoms with Crippen molar-refractivity contribution >= 4 is 42.3 Å². The molecule has 0 bridgehead atoms. The summed E-state index contributed by atoms with van der Waals surface area (Å²) in [7, 11) is -0.619. The van der Waals surface area contributed by atoms with Crippen LogP contribution in [0.3, 0.4) is 0 Å². The summed E-state index contributed by atoms with van der Waals surface area (Å²) >= 11 is 1.27. The Hall–Kier alpha value is -1.46. The lowest BCUT2D eigenvalue weighted by Crippen LogP contribution is -2.59. The van der Waals surface area contributed by atoms with Crippen LogP contribution >= 0.6 is 19.4 Å². The SMILES string of the molecule is COP(=O)(CCC1=N[C@@H]2[C@@H](OC(C)=O)[C@H](OC(C)=O)[C@@H](COC(C)=O)O[C@@H]2S1)OC. The minimum Gasteiger partial charge on any atom is -0.463 e. The number of fused-ring (bicyclic) bond motifs is 1. The second-order valence-electron chi connectivity index (χ2n) is 6.57. The monoisotopic (exact) mass is 467 g/mol. The maximum absolute atomic E-state index is 12.3. The van der Waals surface area contributed by atoms with Crippen LogP contribution in [0.1, 0.15) is 27.2 Å². The van der Waals surface area contributed by atoms with Gasteiger partial charge in [0.05, 0.1) is 11.2 Å². The van der Waals surface area contributed by atoms with Gasteiger partial charge in [0.1, 0.15) is 24.2 Å². The van der Waals surface area contributed by atoms with Gasteiger partial charge in [-0.05, 0) is 0 Å². The van der Waals surface area contributed by atoms with Crippen molar-refractivity contribution in [3.8, 4) is 0 Å². The van der Waals surface area contributed by atoms with Crippen LogP contribution in [-0.4, -0.2) is 79.7 Å². The zero-order chi connectivity index (χ0) is 22.5. The fraction of sp³-hybridized carbons (Fsp3) is 0.765. The smallest absolute Gasteiger partial charge is 0.330 e. The summed E-state index contributed by atoms with van der Waals surface area (Å²) in [4.78, 5) is 39.1. The van der Waals surface area contributed by atoms with Gasteiger partial charge >= 0.3 is 25.5 Å². The molecule has 0 aromatic carbocycles. The van der Waals surface area contributed by atoms with E-state index < -0.39 is 55.3 Å². The summed E-state index contributed by atoms with van der Waals surface area (Å²) in [6.07, 6.45) is -2.41. The second kappa shape index (κ2) is 10.7. The first-order chi connectivity index (χ1) is 14.1. The first-order valence-corrected chi connectivity index (χ1v) is 11.8. The van der Waals surface area contributed by atoms with Crippen LogP contribution in [0.5, 0.6) is 0 Å². The van der Waals surface area contributed by atoms with Crippen LogP contribution in [-0.2, 0) is 46.9 Å². The largest absolute Gasteiger partial charge is 0.463 e. The van der Waals surface area contributed by atoms with Crippen molar-refractivity contribution in [1.29, 1.82) is 0 Å². The highest BCUT2D eigenvalue weighted by atomic mass is 32.2. The molecule has 13 heteroatoms. The van der Waals surface area contributed by atoms with Crippen molar-refractivity contribution in [2.24, 2.45) is 4.99 Å². The molecule has 0 aromatic heterocycles. The summed E-state index contributed by atoms with van der Waals surface area (Å²) in [5, 5.41) is 0.603. The molecule has 170 valence electrons. The van der Waals surface area contributed by atoms with Gasteiger partial charge in [-0.2, -0.15) is 0 Å². The summed E-state index contributed by atoms with van der Waals surface area (Å²) < 4.78 is 43.9. The van der Waals surface area contributed by atoms with E-state index in [1.54, 1.807) is 0 Å². The van der Waals surface area contributed by atoms with E-state index >= 15 is 0 Å². The standard InChI is InChI=1S/C17H26NO10PS/c1-9(19)25-8-12-15(26-10(2)20)16(27-11(3)21)14-17(28-12)30-13(18-14)6-7-29(22,23-4)24-5/h12,14-17H,6-8H2,1-5H3/t12-,14-,15-,16-,17-/m1/s1. The van der Waals surface area contributed by atoms with Crippen LogP contribution in [0.2, 0.25) is 0 Å². The van der Waals surface area contributed by atoms with Gasteiger partial charge < -0.3 is 28.0 Å². The minimum absolute atomic E-state index is 0.105. The number of thioether (sulfide) groups is 1. The van der Waals surface area contributed by atoms with Gasteiger partial charge in [-0.25, -0.2) is 0 Å². The van der Waals surface area contributed by atoms with E-state index in [0.717, 1.165) is 0 Å². The van der Waals surface area contributed by atoms with Gasteiger partial charge in [-0.1, -0.05) is 11.8 Å². The maximum atomic E-state index is 12.3. The average Bonchev–Trinajstić information content (AvgIpc) is 3.08. The van der Waals surface area contributed by atoms with Gasteiger partial charge in [-0.3, -0.25) is 23.9 Å². The number of ether oxygens (including phenoxy) is 4. The molecule has 0 saturated carbocycles. The van der Waals surface area contributed by atoms with E-state index in [2.05, 4.69) is 4.99 Å². The molecule has 1 saturated heterocycles. The van der Waals surface area contributed by atoms with Gasteiger partial charge in [0.15, 0.2) is 12.2 Å². The second-order valence-corrected chi connectivity index (χ2v) is 10.1. The molecule has 0 aromatic rings. The topological polar surface area (TPSA) is 136 Å². The first kappa shape index (κ1) is 24.8. The lowest BCUT2D eigenvalue weighted by molar-refractivity contribution is -0.208. The van der Waals surface area contributed by atoms with Gasteiger partial charge in [0.2, 0.25) is 0 Å². The molecule has 1 fully saturated rings. The van der Waals surface area contributed by atoms with Crippen molar-refractivity contribution in [3.63, 3.8) is 0 Å². The highest BCUT2D eigenvalue weighted by molar-refractivity contribution is 8.14. The third-order valence-electron chi connectivity index (χ3n) is 4.37. The quantitative estimate of drug-likeness (QED) is 0.277. The molecule has 2 heterocycles. The van der Waals surface area contributed by atoms with E-state index in [9.17, 15) is 18.9 Å². The summed E-state index contributed by atoms with van der Waals surface area (Å²) in [6.45, 7) is 3.50. The summed E-state index contributed by atoms with van der Waals surface area (Å²) in [5.74, 6) is -1.72. The molecule has 0 radical (unpaired) electrons. The van der Waals surface area contributed by atoms with Gasteiger partial charge in [-0.15, -0.1) is 0 Å². The van der Waals surface area contributed by atoms with E-state index in [1.165, 1.54) is 46.8 Å². The number of carbonyl (C=O) groups is 3.